The summed E-state index contributed by atoms with van der Waals surface area (Å²) in [5.41, 5.74) is 3.24. The second kappa shape index (κ2) is 5.92. The van der Waals surface area contributed by atoms with Gasteiger partial charge in [-0.05, 0) is 65.8 Å². The molecule has 0 bridgehead atoms. The SMILES string of the molecule is Cc1ccc(I)cc1NC(=O)c1cccc(C)c1Cl. The van der Waals surface area contributed by atoms with Crippen molar-refractivity contribution < 1.29 is 4.79 Å². The molecule has 0 saturated carbocycles. The number of benzene rings is 2. The predicted molar refractivity (Wildman–Crippen MR) is 88.0 cm³/mol. The molecule has 2 rings (SSSR count). The highest BCUT2D eigenvalue weighted by molar-refractivity contribution is 14.1. The Morgan fingerprint density at radius 2 is 1.89 bits per heavy atom. The number of carbonyl (C=O) groups excluding carboxylic acids is 1. The molecule has 98 valence electrons. The summed E-state index contributed by atoms with van der Waals surface area (Å²) in [7, 11) is 0. The van der Waals surface area contributed by atoms with E-state index >= 15 is 0 Å². The summed E-state index contributed by atoms with van der Waals surface area (Å²) in [4.78, 5) is 12.3. The lowest BCUT2D eigenvalue weighted by Gasteiger charge is -2.10. The fourth-order valence-corrected chi connectivity index (χ4v) is 2.44. The molecule has 0 radical (unpaired) electrons. The Bertz CT molecular complexity index is 640. The van der Waals surface area contributed by atoms with Gasteiger partial charge in [0.1, 0.15) is 0 Å². The summed E-state index contributed by atoms with van der Waals surface area (Å²) < 4.78 is 1.08. The topological polar surface area (TPSA) is 29.1 Å². The first-order valence-corrected chi connectivity index (χ1v) is 7.27. The van der Waals surface area contributed by atoms with Crippen LogP contribution in [0.2, 0.25) is 5.02 Å². The normalized spacial score (nSPS) is 10.3. The molecule has 0 atom stereocenters. The highest BCUT2D eigenvalue weighted by atomic mass is 127. The lowest BCUT2D eigenvalue weighted by molar-refractivity contribution is 0.102. The van der Waals surface area contributed by atoms with Crippen LogP contribution in [0.1, 0.15) is 21.5 Å². The molecule has 4 heteroatoms. The first kappa shape index (κ1) is 14.3. The number of rotatable bonds is 2. The number of nitrogens with one attached hydrogen (secondary N) is 1. The Balaban J connectivity index is 2.31. The maximum absolute atomic E-state index is 12.3. The van der Waals surface area contributed by atoms with Gasteiger partial charge in [-0.15, -0.1) is 0 Å². The highest BCUT2D eigenvalue weighted by Crippen LogP contribution is 2.23. The van der Waals surface area contributed by atoms with E-state index in [0.717, 1.165) is 20.4 Å². The number of hydrogen-bond acceptors (Lipinski definition) is 1. The van der Waals surface area contributed by atoms with E-state index in [0.29, 0.717) is 10.6 Å². The molecule has 0 saturated heterocycles. The zero-order valence-electron chi connectivity index (χ0n) is 10.6. The van der Waals surface area contributed by atoms with Crippen LogP contribution in [0.25, 0.3) is 0 Å². The van der Waals surface area contributed by atoms with Crippen molar-refractivity contribution in [2.75, 3.05) is 5.32 Å². The number of halogens is 2. The van der Waals surface area contributed by atoms with E-state index in [9.17, 15) is 4.79 Å². The van der Waals surface area contributed by atoms with E-state index in [4.69, 9.17) is 11.6 Å². The zero-order valence-corrected chi connectivity index (χ0v) is 13.5. The van der Waals surface area contributed by atoms with Gasteiger partial charge < -0.3 is 5.32 Å². The van der Waals surface area contributed by atoms with Gasteiger partial charge in [-0.25, -0.2) is 0 Å². The van der Waals surface area contributed by atoms with E-state index in [2.05, 4.69) is 27.9 Å². The molecule has 2 nitrogen and oxygen atoms in total. The van der Waals surface area contributed by atoms with Gasteiger partial charge in [0.15, 0.2) is 0 Å². The van der Waals surface area contributed by atoms with Crippen molar-refractivity contribution >= 4 is 45.8 Å². The number of carbonyl (C=O) groups is 1. The van der Waals surface area contributed by atoms with Crippen molar-refractivity contribution in [3.8, 4) is 0 Å². The fourth-order valence-electron chi connectivity index (χ4n) is 1.74. The lowest BCUT2D eigenvalue weighted by atomic mass is 10.1. The quantitative estimate of drug-likeness (QED) is 0.738. The van der Waals surface area contributed by atoms with E-state index in [1.54, 1.807) is 6.07 Å². The minimum absolute atomic E-state index is 0.182. The van der Waals surface area contributed by atoms with Crippen LogP contribution in [-0.4, -0.2) is 5.91 Å². The second-order valence-electron chi connectivity index (χ2n) is 4.35. The van der Waals surface area contributed by atoms with Gasteiger partial charge in [-0.1, -0.05) is 29.8 Å². The maximum Gasteiger partial charge on any atom is 0.257 e. The van der Waals surface area contributed by atoms with Crippen molar-refractivity contribution in [1.29, 1.82) is 0 Å². The minimum atomic E-state index is -0.182. The largest absolute Gasteiger partial charge is 0.322 e. The molecule has 0 aliphatic rings. The molecule has 2 aromatic rings. The average Bonchev–Trinajstić information content (AvgIpc) is 2.37. The third-order valence-electron chi connectivity index (χ3n) is 2.88. The van der Waals surface area contributed by atoms with Gasteiger partial charge in [-0.3, -0.25) is 4.79 Å². The van der Waals surface area contributed by atoms with Crippen molar-refractivity contribution in [2.24, 2.45) is 0 Å². The molecular formula is C15H13ClINO. The molecule has 19 heavy (non-hydrogen) atoms. The van der Waals surface area contributed by atoms with Gasteiger partial charge in [0, 0.05) is 9.26 Å². The van der Waals surface area contributed by atoms with Gasteiger partial charge in [0.05, 0.1) is 10.6 Å². The number of hydrogen-bond donors (Lipinski definition) is 1. The van der Waals surface area contributed by atoms with Crippen molar-refractivity contribution in [1.82, 2.24) is 0 Å². The molecule has 1 N–H and O–H groups in total. The third kappa shape index (κ3) is 3.28. The first-order valence-electron chi connectivity index (χ1n) is 5.81. The van der Waals surface area contributed by atoms with Crippen LogP contribution in [0.3, 0.4) is 0 Å². The predicted octanol–water partition coefficient (Wildman–Crippen LogP) is 4.81. The van der Waals surface area contributed by atoms with Crippen LogP contribution in [0.4, 0.5) is 5.69 Å². The molecule has 0 spiro atoms. The molecule has 0 aliphatic carbocycles. The molecule has 0 aliphatic heterocycles. The van der Waals surface area contributed by atoms with Crippen LogP contribution in [-0.2, 0) is 0 Å². The van der Waals surface area contributed by atoms with Crippen molar-refractivity contribution in [3.05, 3.63) is 61.7 Å². The maximum atomic E-state index is 12.3. The molecule has 0 fully saturated rings. The summed E-state index contributed by atoms with van der Waals surface area (Å²) in [6.07, 6.45) is 0. The van der Waals surface area contributed by atoms with E-state index in [-0.39, 0.29) is 5.91 Å². The van der Waals surface area contributed by atoms with E-state index in [1.165, 1.54) is 0 Å². The van der Waals surface area contributed by atoms with Crippen LogP contribution in [0.15, 0.2) is 36.4 Å². The molecular weight excluding hydrogens is 373 g/mol. The number of anilines is 1. The van der Waals surface area contributed by atoms with Crippen molar-refractivity contribution in [3.63, 3.8) is 0 Å². The lowest BCUT2D eigenvalue weighted by Crippen LogP contribution is -2.13. The number of amides is 1. The second-order valence-corrected chi connectivity index (χ2v) is 5.97. The van der Waals surface area contributed by atoms with E-state index in [1.807, 2.05) is 44.2 Å². The summed E-state index contributed by atoms with van der Waals surface area (Å²) >= 11 is 8.38. The Hall–Kier alpha value is -1.07. The number of aryl methyl sites for hydroxylation is 2. The fraction of sp³-hybridized carbons (Fsp3) is 0.133. The summed E-state index contributed by atoms with van der Waals surface area (Å²) in [6, 6.07) is 11.4. The molecule has 0 heterocycles. The monoisotopic (exact) mass is 385 g/mol. The Morgan fingerprint density at radius 1 is 1.16 bits per heavy atom. The Morgan fingerprint density at radius 3 is 2.63 bits per heavy atom. The van der Waals surface area contributed by atoms with Gasteiger partial charge in [-0.2, -0.15) is 0 Å². The molecule has 2 aromatic carbocycles. The zero-order chi connectivity index (χ0) is 14.0. The van der Waals surface area contributed by atoms with Gasteiger partial charge in [0.2, 0.25) is 0 Å². The molecule has 0 aromatic heterocycles. The smallest absolute Gasteiger partial charge is 0.257 e. The van der Waals surface area contributed by atoms with Crippen LogP contribution in [0.5, 0.6) is 0 Å². The molecule has 1 amide bonds. The summed E-state index contributed by atoms with van der Waals surface area (Å²) in [6.45, 7) is 3.85. The highest BCUT2D eigenvalue weighted by Gasteiger charge is 2.12. The van der Waals surface area contributed by atoms with Crippen LogP contribution < -0.4 is 5.32 Å². The Labute approximate surface area is 131 Å². The summed E-state index contributed by atoms with van der Waals surface area (Å²) in [5.74, 6) is -0.182. The standard InChI is InChI=1S/C15H13ClINO/c1-9-6-7-11(17)8-13(9)18-15(19)12-5-3-4-10(2)14(12)16/h3-8H,1-2H3,(H,18,19). The average molecular weight is 386 g/mol. The summed E-state index contributed by atoms with van der Waals surface area (Å²) in [5, 5.41) is 3.41. The van der Waals surface area contributed by atoms with Crippen molar-refractivity contribution in [2.45, 2.75) is 13.8 Å². The van der Waals surface area contributed by atoms with E-state index < -0.39 is 0 Å². The van der Waals surface area contributed by atoms with Crippen LogP contribution in [0, 0.1) is 17.4 Å². The Kier molecular flexibility index (Phi) is 4.47. The van der Waals surface area contributed by atoms with Gasteiger partial charge in [0.25, 0.3) is 5.91 Å². The first-order chi connectivity index (χ1) is 8.99. The molecule has 0 unspecified atom stereocenters. The third-order valence-corrected chi connectivity index (χ3v) is 4.06. The van der Waals surface area contributed by atoms with Crippen LogP contribution >= 0.6 is 34.2 Å². The van der Waals surface area contributed by atoms with Gasteiger partial charge >= 0.3 is 0 Å². The minimum Gasteiger partial charge on any atom is -0.322 e.